The minimum absolute atomic E-state index is 0.0794. The minimum Gasteiger partial charge on any atom is -0.392 e. The molecular weight excluding hydrogens is 383 g/mol. The summed E-state index contributed by atoms with van der Waals surface area (Å²) in [6, 6.07) is 2.50. The Hall–Kier alpha value is -0.870. The first kappa shape index (κ1) is 16.5. The van der Waals surface area contributed by atoms with Gasteiger partial charge in [0, 0.05) is 28.4 Å². The number of hydrogen-bond donors (Lipinski definition) is 2. The SMILES string of the molecule is O=S(=O)(NCCc1cscn1)c1cc(Br)cc(CO)c1F. The molecule has 2 aromatic rings. The summed E-state index contributed by atoms with van der Waals surface area (Å²) in [5.41, 5.74) is 2.35. The number of aromatic nitrogens is 1. The fraction of sp³-hybridized carbons (Fsp3) is 0.250. The molecule has 0 radical (unpaired) electrons. The van der Waals surface area contributed by atoms with Crippen LogP contribution < -0.4 is 4.72 Å². The topological polar surface area (TPSA) is 79.3 Å². The van der Waals surface area contributed by atoms with Crippen LogP contribution in [0.3, 0.4) is 0 Å². The van der Waals surface area contributed by atoms with Gasteiger partial charge in [-0.3, -0.25) is 0 Å². The fourth-order valence-electron chi connectivity index (χ4n) is 1.68. The predicted molar refractivity (Wildman–Crippen MR) is 81.0 cm³/mol. The van der Waals surface area contributed by atoms with Crippen molar-refractivity contribution >= 4 is 37.3 Å². The van der Waals surface area contributed by atoms with Crippen molar-refractivity contribution in [3.8, 4) is 0 Å². The lowest BCUT2D eigenvalue weighted by Crippen LogP contribution is -2.27. The molecule has 0 atom stereocenters. The Kier molecular flexibility index (Phi) is 5.44. The number of nitrogens with zero attached hydrogens (tertiary/aromatic N) is 1. The second-order valence-electron chi connectivity index (χ2n) is 4.16. The van der Waals surface area contributed by atoms with E-state index in [2.05, 4.69) is 25.6 Å². The maximum atomic E-state index is 14.0. The normalized spacial score (nSPS) is 11.8. The van der Waals surface area contributed by atoms with E-state index in [9.17, 15) is 12.8 Å². The molecule has 0 aliphatic rings. The van der Waals surface area contributed by atoms with E-state index in [0.717, 1.165) is 5.69 Å². The van der Waals surface area contributed by atoms with E-state index in [4.69, 9.17) is 5.11 Å². The molecule has 1 heterocycles. The smallest absolute Gasteiger partial charge is 0.243 e. The Bertz CT molecular complexity index is 720. The molecule has 0 spiro atoms. The first-order chi connectivity index (χ1) is 9.94. The minimum atomic E-state index is -3.99. The lowest BCUT2D eigenvalue weighted by molar-refractivity contribution is 0.274. The molecular formula is C12H12BrFN2O3S2. The monoisotopic (exact) mass is 394 g/mol. The van der Waals surface area contributed by atoms with Crippen LogP contribution in [-0.4, -0.2) is 25.1 Å². The van der Waals surface area contributed by atoms with Gasteiger partial charge in [0.1, 0.15) is 10.7 Å². The maximum Gasteiger partial charge on any atom is 0.243 e. The first-order valence-electron chi connectivity index (χ1n) is 5.89. The molecule has 0 bridgehead atoms. The van der Waals surface area contributed by atoms with Crippen LogP contribution in [0.5, 0.6) is 0 Å². The van der Waals surface area contributed by atoms with E-state index < -0.39 is 27.3 Å². The second kappa shape index (κ2) is 6.93. The van der Waals surface area contributed by atoms with Crippen molar-refractivity contribution in [2.45, 2.75) is 17.9 Å². The zero-order chi connectivity index (χ0) is 15.5. The molecule has 2 rings (SSSR count). The highest BCUT2D eigenvalue weighted by Gasteiger charge is 2.21. The molecule has 0 aliphatic carbocycles. The summed E-state index contributed by atoms with van der Waals surface area (Å²) in [4.78, 5) is 3.55. The van der Waals surface area contributed by atoms with Crippen molar-refractivity contribution < 1.29 is 17.9 Å². The number of benzene rings is 1. The average molecular weight is 395 g/mol. The fourth-order valence-corrected chi connectivity index (χ4v) is 4.11. The van der Waals surface area contributed by atoms with Crippen LogP contribution >= 0.6 is 27.3 Å². The van der Waals surface area contributed by atoms with Gasteiger partial charge in [-0.2, -0.15) is 0 Å². The van der Waals surface area contributed by atoms with Gasteiger partial charge < -0.3 is 5.11 Å². The largest absolute Gasteiger partial charge is 0.392 e. The zero-order valence-corrected chi connectivity index (χ0v) is 13.9. The quantitative estimate of drug-likeness (QED) is 0.785. The number of aliphatic hydroxyl groups excluding tert-OH is 1. The predicted octanol–water partition coefficient (Wildman–Crippen LogP) is 2.06. The molecule has 0 unspecified atom stereocenters. The average Bonchev–Trinajstić information content (AvgIpc) is 2.93. The van der Waals surface area contributed by atoms with E-state index in [1.807, 2.05) is 5.38 Å². The Labute approximate surface area is 134 Å². The van der Waals surface area contributed by atoms with Crippen LogP contribution in [0, 0.1) is 5.82 Å². The molecule has 0 amide bonds. The van der Waals surface area contributed by atoms with Crippen molar-refractivity contribution in [3.63, 3.8) is 0 Å². The van der Waals surface area contributed by atoms with Crippen molar-refractivity contribution in [1.82, 2.24) is 9.71 Å². The summed E-state index contributed by atoms with van der Waals surface area (Å²) in [5.74, 6) is -0.943. The molecule has 2 N–H and O–H groups in total. The van der Waals surface area contributed by atoms with Gasteiger partial charge in [0.05, 0.1) is 17.8 Å². The van der Waals surface area contributed by atoms with Crippen LogP contribution in [0.25, 0.3) is 0 Å². The summed E-state index contributed by atoms with van der Waals surface area (Å²) >= 11 is 4.52. The summed E-state index contributed by atoms with van der Waals surface area (Å²) in [6.45, 7) is -0.459. The number of rotatable bonds is 6. The number of aliphatic hydroxyl groups is 1. The summed E-state index contributed by atoms with van der Waals surface area (Å²) in [7, 11) is -3.99. The standard InChI is InChI=1S/C12H12BrFN2O3S2/c13-9-3-8(5-17)12(14)11(4-9)21(18,19)16-2-1-10-6-20-7-15-10/h3-4,6-7,16-17H,1-2,5H2. The van der Waals surface area contributed by atoms with E-state index in [1.54, 1.807) is 5.51 Å². The van der Waals surface area contributed by atoms with Gasteiger partial charge in [-0.15, -0.1) is 11.3 Å². The van der Waals surface area contributed by atoms with Gasteiger partial charge >= 0.3 is 0 Å². The van der Waals surface area contributed by atoms with E-state index >= 15 is 0 Å². The highest BCUT2D eigenvalue weighted by Crippen LogP contribution is 2.24. The third-order valence-corrected chi connectivity index (χ3v) is 5.25. The molecule has 1 aromatic heterocycles. The third-order valence-electron chi connectivity index (χ3n) is 2.70. The molecule has 21 heavy (non-hydrogen) atoms. The molecule has 9 heteroatoms. The van der Waals surface area contributed by atoms with Gasteiger partial charge in [0.25, 0.3) is 0 Å². The highest BCUT2D eigenvalue weighted by atomic mass is 79.9. The van der Waals surface area contributed by atoms with Crippen LogP contribution in [-0.2, 0) is 23.1 Å². The highest BCUT2D eigenvalue weighted by molar-refractivity contribution is 9.10. The maximum absolute atomic E-state index is 14.0. The van der Waals surface area contributed by atoms with Crippen molar-refractivity contribution in [1.29, 1.82) is 0 Å². The van der Waals surface area contributed by atoms with Crippen LogP contribution in [0.15, 0.2) is 32.4 Å². The van der Waals surface area contributed by atoms with Gasteiger partial charge in [0.15, 0.2) is 0 Å². The Morgan fingerprint density at radius 2 is 2.19 bits per heavy atom. The molecule has 1 aromatic carbocycles. The summed E-state index contributed by atoms with van der Waals surface area (Å²) in [5, 5.41) is 10.9. The number of thiazole rings is 1. The molecule has 0 aliphatic heterocycles. The van der Waals surface area contributed by atoms with Crippen molar-refractivity contribution in [2.24, 2.45) is 0 Å². The van der Waals surface area contributed by atoms with Gasteiger partial charge in [0.2, 0.25) is 10.0 Å². The molecule has 0 saturated heterocycles. The first-order valence-corrected chi connectivity index (χ1v) is 9.11. The lowest BCUT2D eigenvalue weighted by atomic mass is 10.2. The molecule has 114 valence electrons. The third kappa shape index (κ3) is 4.07. The molecule has 0 fully saturated rings. The zero-order valence-electron chi connectivity index (χ0n) is 10.7. The molecule has 0 saturated carbocycles. The number of halogens is 2. The van der Waals surface area contributed by atoms with Gasteiger partial charge in [-0.25, -0.2) is 22.5 Å². The van der Waals surface area contributed by atoms with E-state index in [-0.39, 0.29) is 12.1 Å². The van der Waals surface area contributed by atoms with Crippen molar-refractivity contribution in [2.75, 3.05) is 6.54 Å². The summed E-state index contributed by atoms with van der Waals surface area (Å²) in [6.07, 6.45) is 0.422. The van der Waals surface area contributed by atoms with Crippen LogP contribution in [0.2, 0.25) is 0 Å². The van der Waals surface area contributed by atoms with Gasteiger partial charge in [-0.1, -0.05) is 15.9 Å². The van der Waals surface area contributed by atoms with Crippen LogP contribution in [0.1, 0.15) is 11.3 Å². The Morgan fingerprint density at radius 1 is 1.43 bits per heavy atom. The number of sulfonamides is 1. The van der Waals surface area contributed by atoms with Gasteiger partial charge in [-0.05, 0) is 12.1 Å². The number of nitrogens with one attached hydrogen (secondary N) is 1. The summed E-state index contributed by atoms with van der Waals surface area (Å²) < 4.78 is 41.0. The number of hydrogen-bond acceptors (Lipinski definition) is 5. The second-order valence-corrected chi connectivity index (χ2v) is 7.53. The van der Waals surface area contributed by atoms with E-state index in [1.165, 1.54) is 23.5 Å². The Balaban J connectivity index is 2.17. The Morgan fingerprint density at radius 3 is 2.81 bits per heavy atom. The van der Waals surface area contributed by atoms with E-state index in [0.29, 0.717) is 10.9 Å². The van der Waals surface area contributed by atoms with Crippen LogP contribution in [0.4, 0.5) is 4.39 Å². The molecule has 5 nitrogen and oxygen atoms in total. The lowest BCUT2D eigenvalue weighted by Gasteiger charge is -2.10. The van der Waals surface area contributed by atoms with Crippen molar-refractivity contribution in [3.05, 3.63) is 44.6 Å².